The number of carbonyl (C=O) groups is 1. The molecular weight excluding hydrogens is 285 g/mol. The number of sulfone groups is 1. The molecular formula is C13H16FNO4S. The normalized spacial score (nSPS) is 29.0. The van der Waals surface area contributed by atoms with E-state index in [4.69, 9.17) is 10.5 Å². The molecule has 1 aromatic rings. The summed E-state index contributed by atoms with van der Waals surface area (Å²) in [6.45, 7) is 1.71. The molecule has 0 aromatic heterocycles. The Balaban J connectivity index is 2.44. The average Bonchev–Trinajstić information content (AvgIpc) is 2.98. The Morgan fingerprint density at radius 3 is 2.65 bits per heavy atom. The number of carbonyl (C=O) groups excluding carboxylic acids is 1. The molecule has 1 aliphatic rings. The van der Waals surface area contributed by atoms with E-state index in [1.165, 1.54) is 18.2 Å². The summed E-state index contributed by atoms with van der Waals surface area (Å²) in [5, 5.41) is -1.09. The smallest absolute Gasteiger partial charge is 0.328 e. The Bertz CT molecular complexity index is 646. The maximum Gasteiger partial charge on any atom is 0.328 e. The van der Waals surface area contributed by atoms with Gasteiger partial charge in [-0.3, -0.25) is 0 Å². The molecule has 2 rings (SSSR count). The number of hydrogen-bond donors (Lipinski definition) is 1. The van der Waals surface area contributed by atoms with Crippen molar-refractivity contribution in [1.29, 1.82) is 0 Å². The van der Waals surface area contributed by atoms with Crippen molar-refractivity contribution in [1.82, 2.24) is 0 Å². The first kappa shape index (κ1) is 14.9. The van der Waals surface area contributed by atoms with Gasteiger partial charge in [-0.25, -0.2) is 17.6 Å². The largest absolute Gasteiger partial charge is 0.465 e. The van der Waals surface area contributed by atoms with Gasteiger partial charge in [0.2, 0.25) is 0 Å². The number of halogens is 1. The topological polar surface area (TPSA) is 86.5 Å². The van der Waals surface area contributed by atoms with Gasteiger partial charge in [0, 0.05) is 12.2 Å². The Hall–Kier alpha value is -1.47. The fourth-order valence-electron chi connectivity index (χ4n) is 2.63. The highest BCUT2D eigenvalue weighted by Gasteiger charge is 2.73. The lowest BCUT2D eigenvalue weighted by atomic mass is 10.1. The summed E-state index contributed by atoms with van der Waals surface area (Å²) in [5.41, 5.74) is 4.70. The lowest BCUT2D eigenvalue weighted by Gasteiger charge is -2.10. The van der Waals surface area contributed by atoms with Crippen LogP contribution in [0.15, 0.2) is 24.3 Å². The summed E-state index contributed by atoms with van der Waals surface area (Å²) in [6, 6.07) is 5.44. The van der Waals surface area contributed by atoms with Crippen LogP contribution in [-0.2, 0) is 19.4 Å². The van der Waals surface area contributed by atoms with Crippen LogP contribution in [0, 0.1) is 5.82 Å². The molecule has 0 bridgehead atoms. The van der Waals surface area contributed by atoms with Crippen LogP contribution in [0.5, 0.6) is 0 Å². The first-order valence-corrected chi connectivity index (χ1v) is 8.08. The van der Waals surface area contributed by atoms with E-state index < -0.39 is 38.3 Å². The van der Waals surface area contributed by atoms with Crippen molar-refractivity contribution in [3.8, 4) is 0 Å². The van der Waals surface area contributed by atoms with Crippen molar-refractivity contribution in [2.75, 3.05) is 12.9 Å². The summed E-state index contributed by atoms with van der Waals surface area (Å²) in [7, 11) is -3.56. The molecule has 1 fully saturated rings. The molecule has 0 spiro atoms. The minimum absolute atomic E-state index is 0.101. The molecule has 3 atom stereocenters. The zero-order chi connectivity index (χ0) is 15.1. The molecule has 0 heterocycles. The van der Waals surface area contributed by atoms with E-state index >= 15 is 0 Å². The highest BCUT2D eigenvalue weighted by atomic mass is 32.2. The molecule has 5 nitrogen and oxygen atoms in total. The molecule has 1 saturated carbocycles. The first-order chi connectivity index (χ1) is 9.22. The van der Waals surface area contributed by atoms with Crippen LogP contribution < -0.4 is 5.73 Å². The average molecular weight is 301 g/mol. The highest BCUT2D eigenvalue weighted by molar-refractivity contribution is 7.91. The molecule has 0 aliphatic heterocycles. The number of hydrogen-bond acceptors (Lipinski definition) is 5. The molecule has 0 unspecified atom stereocenters. The number of rotatable bonds is 4. The summed E-state index contributed by atoms with van der Waals surface area (Å²) in [6.07, 6.45) is 1.01. The third kappa shape index (κ3) is 2.31. The lowest BCUT2D eigenvalue weighted by molar-refractivity contribution is -0.145. The van der Waals surface area contributed by atoms with Gasteiger partial charge in [0.15, 0.2) is 9.84 Å². The van der Waals surface area contributed by atoms with Gasteiger partial charge in [0.1, 0.15) is 11.4 Å². The summed E-state index contributed by atoms with van der Waals surface area (Å²) >= 11 is 0. The maximum absolute atomic E-state index is 13.3. The van der Waals surface area contributed by atoms with Crippen molar-refractivity contribution in [2.45, 2.75) is 23.6 Å². The summed E-state index contributed by atoms with van der Waals surface area (Å²) < 4.78 is 41.7. The van der Waals surface area contributed by atoms with Gasteiger partial charge in [-0.15, -0.1) is 0 Å². The second-order valence-electron chi connectivity index (χ2n) is 4.94. The quantitative estimate of drug-likeness (QED) is 0.823. The van der Waals surface area contributed by atoms with Gasteiger partial charge in [0.05, 0.1) is 11.9 Å². The van der Waals surface area contributed by atoms with Gasteiger partial charge in [0.25, 0.3) is 0 Å². The van der Waals surface area contributed by atoms with Crippen LogP contribution in [0.2, 0.25) is 0 Å². The van der Waals surface area contributed by atoms with E-state index in [1.54, 1.807) is 13.0 Å². The van der Waals surface area contributed by atoms with E-state index in [-0.39, 0.29) is 6.61 Å². The van der Waals surface area contributed by atoms with Crippen LogP contribution >= 0.6 is 0 Å². The third-order valence-corrected chi connectivity index (χ3v) is 5.06. The van der Waals surface area contributed by atoms with Crippen molar-refractivity contribution in [3.05, 3.63) is 35.6 Å². The first-order valence-electron chi connectivity index (χ1n) is 6.13. The summed E-state index contributed by atoms with van der Waals surface area (Å²) in [4.78, 5) is 11.9. The summed E-state index contributed by atoms with van der Waals surface area (Å²) in [5.74, 6) is -2.07. The molecule has 7 heteroatoms. The molecule has 1 aliphatic carbocycles. The van der Waals surface area contributed by atoms with E-state index in [2.05, 4.69) is 0 Å². The number of ether oxygens (including phenoxy) is 1. The molecule has 1 aromatic carbocycles. The van der Waals surface area contributed by atoms with Crippen molar-refractivity contribution in [3.63, 3.8) is 0 Å². The molecule has 0 saturated heterocycles. The highest BCUT2D eigenvalue weighted by Crippen LogP contribution is 2.54. The Labute approximate surface area is 116 Å². The zero-order valence-corrected chi connectivity index (χ0v) is 12.0. The second-order valence-corrected chi connectivity index (χ2v) is 7.10. The predicted octanol–water partition coefficient (Wildman–Crippen LogP) is 0.597. The monoisotopic (exact) mass is 301 g/mol. The van der Waals surface area contributed by atoms with E-state index in [0.717, 1.165) is 6.26 Å². The fraction of sp³-hybridized carbons (Fsp3) is 0.462. The van der Waals surface area contributed by atoms with E-state index in [9.17, 15) is 17.6 Å². The predicted molar refractivity (Wildman–Crippen MR) is 71.3 cm³/mol. The van der Waals surface area contributed by atoms with Crippen LogP contribution in [0.3, 0.4) is 0 Å². The van der Waals surface area contributed by atoms with Crippen LogP contribution in [0.25, 0.3) is 0 Å². The van der Waals surface area contributed by atoms with Crippen LogP contribution in [-0.4, -0.2) is 38.0 Å². The molecule has 2 N–H and O–H groups in total. The number of benzene rings is 1. The Morgan fingerprint density at radius 1 is 1.50 bits per heavy atom. The maximum atomic E-state index is 13.3. The minimum atomic E-state index is -3.56. The number of esters is 1. The molecule has 0 amide bonds. The van der Waals surface area contributed by atoms with E-state index in [0.29, 0.717) is 5.56 Å². The zero-order valence-electron chi connectivity index (χ0n) is 11.2. The number of nitrogens with two attached hydrogens (primary N) is 1. The molecule has 110 valence electrons. The fourth-order valence-corrected chi connectivity index (χ4v) is 4.37. The van der Waals surface area contributed by atoms with Crippen molar-refractivity contribution >= 4 is 15.8 Å². The van der Waals surface area contributed by atoms with Gasteiger partial charge >= 0.3 is 5.97 Å². The standard InChI is InChI=1S/C13H16FNO4S/c1-3-19-12(16)13(15)10(11(13)20(2,17)18)8-5-4-6-9(14)7-8/h4-7,10-11H,3,15H2,1-2H3/t10-,11-,13+/m1/s1. The Kier molecular flexibility index (Phi) is 3.60. The third-order valence-electron chi connectivity index (χ3n) is 3.48. The van der Waals surface area contributed by atoms with Gasteiger partial charge in [-0.2, -0.15) is 0 Å². The van der Waals surface area contributed by atoms with Gasteiger partial charge < -0.3 is 10.5 Å². The van der Waals surface area contributed by atoms with Gasteiger partial charge in [-0.1, -0.05) is 12.1 Å². The second kappa shape index (κ2) is 4.82. The van der Waals surface area contributed by atoms with E-state index in [1.807, 2.05) is 0 Å². The van der Waals surface area contributed by atoms with Crippen LogP contribution in [0.4, 0.5) is 4.39 Å². The van der Waals surface area contributed by atoms with Crippen molar-refractivity contribution < 1.29 is 22.3 Å². The lowest BCUT2D eigenvalue weighted by Crippen LogP contribution is -2.41. The molecule has 0 radical (unpaired) electrons. The van der Waals surface area contributed by atoms with Gasteiger partial charge in [-0.05, 0) is 24.6 Å². The van der Waals surface area contributed by atoms with Crippen LogP contribution in [0.1, 0.15) is 18.4 Å². The minimum Gasteiger partial charge on any atom is -0.465 e. The Morgan fingerprint density at radius 2 is 2.15 bits per heavy atom. The molecule has 20 heavy (non-hydrogen) atoms. The van der Waals surface area contributed by atoms with Crippen molar-refractivity contribution in [2.24, 2.45) is 5.73 Å². The SMILES string of the molecule is CCOC(=O)[C@]1(N)[C@H](c2cccc(F)c2)[C@H]1S(C)(=O)=O.